The van der Waals surface area contributed by atoms with Crippen LogP contribution in [0.25, 0.3) is 0 Å². The van der Waals surface area contributed by atoms with Crippen LogP contribution in [0.4, 0.5) is 0 Å². The van der Waals surface area contributed by atoms with Crippen molar-refractivity contribution in [1.29, 1.82) is 0 Å². The van der Waals surface area contributed by atoms with Gasteiger partial charge in [-0.15, -0.1) is 0 Å². The Labute approximate surface area is 157 Å². The zero-order chi connectivity index (χ0) is 18.5. The Morgan fingerprint density at radius 1 is 1.04 bits per heavy atom. The monoisotopic (exact) mass is 374 g/mol. The lowest BCUT2D eigenvalue weighted by Gasteiger charge is -2.33. The van der Waals surface area contributed by atoms with Crippen molar-refractivity contribution in [2.75, 3.05) is 32.7 Å². The average molecular weight is 375 g/mol. The SMILES string of the molecule is CCN1CCN(C(=O)c2ccc(C[S@](=O)Cc3ccc(C)cc3)o2)CC1. The Hall–Kier alpha value is -1.92. The molecule has 0 spiro atoms. The number of aryl methyl sites for hydroxylation is 1. The molecule has 2 heterocycles. The number of likely N-dealkylation sites (N-methyl/N-ethyl adjacent to an activating group) is 1. The molecule has 26 heavy (non-hydrogen) atoms. The number of carbonyl (C=O) groups is 1. The van der Waals surface area contributed by atoms with Crippen molar-refractivity contribution in [3.05, 3.63) is 59.0 Å². The zero-order valence-electron chi connectivity index (χ0n) is 15.4. The molecule has 1 fully saturated rings. The van der Waals surface area contributed by atoms with Crippen molar-refractivity contribution in [1.82, 2.24) is 9.80 Å². The lowest BCUT2D eigenvalue weighted by Crippen LogP contribution is -2.48. The summed E-state index contributed by atoms with van der Waals surface area (Å²) in [5, 5.41) is 0. The van der Waals surface area contributed by atoms with Gasteiger partial charge >= 0.3 is 0 Å². The van der Waals surface area contributed by atoms with Gasteiger partial charge in [0.2, 0.25) is 0 Å². The number of hydrogen-bond donors (Lipinski definition) is 0. The Balaban J connectivity index is 1.54. The molecule has 0 bridgehead atoms. The molecule has 6 heteroatoms. The van der Waals surface area contributed by atoms with Gasteiger partial charge < -0.3 is 14.2 Å². The van der Waals surface area contributed by atoms with Crippen molar-refractivity contribution >= 4 is 16.7 Å². The van der Waals surface area contributed by atoms with Crippen LogP contribution in [0.5, 0.6) is 0 Å². The Bertz CT molecular complexity index is 762. The van der Waals surface area contributed by atoms with E-state index in [1.165, 1.54) is 5.56 Å². The molecule has 0 N–H and O–H groups in total. The highest BCUT2D eigenvalue weighted by molar-refractivity contribution is 7.83. The number of nitrogens with zero attached hydrogens (tertiary/aromatic N) is 2. The zero-order valence-corrected chi connectivity index (χ0v) is 16.3. The number of amides is 1. The first kappa shape index (κ1) is 18.9. The third-order valence-electron chi connectivity index (χ3n) is 4.73. The van der Waals surface area contributed by atoms with Gasteiger partial charge in [0.25, 0.3) is 5.91 Å². The number of benzene rings is 1. The third-order valence-corrected chi connectivity index (χ3v) is 5.99. The molecular formula is C20H26N2O3S. The van der Waals surface area contributed by atoms with Crippen LogP contribution in [0.15, 0.2) is 40.8 Å². The summed E-state index contributed by atoms with van der Waals surface area (Å²) in [7, 11) is -1.06. The molecular weight excluding hydrogens is 348 g/mol. The van der Waals surface area contributed by atoms with Gasteiger partial charge in [-0.1, -0.05) is 36.8 Å². The second-order valence-corrected chi connectivity index (χ2v) is 8.16. The fraction of sp³-hybridized carbons (Fsp3) is 0.450. The van der Waals surface area contributed by atoms with Gasteiger partial charge in [0.1, 0.15) is 5.76 Å². The molecule has 1 aromatic heterocycles. The number of hydrogen-bond acceptors (Lipinski definition) is 4. The van der Waals surface area contributed by atoms with Crippen molar-refractivity contribution in [2.45, 2.75) is 25.4 Å². The molecule has 5 nitrogen and oxygen atoms in total. The van der Waals surface area contributed by atoms with E-state index in [0.717, 1.165) is 38.3 Å². The summed E-state index contributed by atoms with van der Waals surface area (Å²) >= 11 is 0. The lowest BCUT2D eigenvalue weighted by atomic mass is 10.2. The fourth-order valence-corrected chi connectivity index (χ4v) is 4.21. The van der Waals surface area contributed by atoms with E-state index in [4.69, 9.17) is 4.42 Å². The molecule has 1 saturated heterocycles. The number of rotatable bonds is 6. The molecule has 0 saturated carbocycles. The first-order valence-electron chi connectivity index (χ1n) is 9.06. The highest BCUT2D eigenvalue weighted by Gasteiger charge is 2.23. The van der Waals surface area contributed by atoms with E-state index in [9.17, 15) is 9.00 Å². The quantitative estimate of drug-likeness (QED) is 0.780. The van der Waals surface area contributed by atoms with E-state index in [1.807, 2.05) is 36.1 Å². The van der Waals surface area contributed by atoms with E-state index < -0.39 is 10.8 Å². The normalized spacial score (nSPS) is 16.6. The van der Waals surface area contributed by atoms with Crippen LogP contribution in [0.2, 0.25) is 0 Å². The number of furan rings is 1. The van der Waals surface area contributed by atoms with Crippen LogP contribution in [-0.2, 0) is 22.3 Å². The van der Waals surface area contributed by atoms with Gasteiger partial charge in [0.05, 0.1) is 5.75 Å². The predicted octanol–water partition coefficient (Wildman–Crippen LogP) is 2.81. The largest absolute Gasteiger partial charge is 0.455 e. The van der Waals surface area contributed by atoms with E-state index in [2.05, 4.69) is 11.8 Å². The lowest BCUT2D eigenvalue weighted by molar-refractivity contribution is 0.0611. The standard InChI is InChI=1S/C20H26N2O3S/c1-3-21-10-12-22(13-11-21)20(23)19-9-8-18(25-19)15-26(24)14-17-6-4-16(2)5-7-17/h4-9H,3,10-15H2,1-2H3/t26-/m1/s1. The number of piperazine rings is 1. The molecule has 1 aromatic carbocycles. The summed E-state index contributed by atoms with van der Waals surface area (Å²) in [5.74, 6) is 1.69. The second-order valence-electron chi connectivity index (χ2n) is 6.71. The third kappa shape index (κ3) is 4.83. The van der Waals surface area contributed by atoms with Crippen molar-refractivity contribution in [3.63, 3.8) is 0 Å². The van der Waals surface area contributed by atoms with E-state index in [0.29, 0.717) is 23.0 Å². The van der Waals surface area contributed by atoms with E-state index in [-0.39, 0.29) is 5.91 Å². The molecule has 140 valence electrons. The minimum absolute atomic E-state index is 0.0729. The smallest absolute Gasteiger partial charge is 0.289 e. The van der Waals surface area contributed by atoms with Crippen LogP contribution >= 0.6 is 0 Å². The van der Waals surface area contributed by atoms with Crippen molar-refractivity contribution < 1.29 is 13.4 Å². The number of carbonyl (C=O) groups excluding carboxylic acids is 1. The molecule has 3 rings (SSSR count). The topological polar surface area (TPSA) is 53.8 Å². The highest BCUT2D eigenvalue weighted by Crippen LogP contribution is 2.16. The van der Waals surface area contributed by atoms with Gasteiger partial charge in [-0.3, -0.25) is 9.00 Å². The van der Waals surface area contributed by atoms with Crippen LogP contribution in [0, 0.1) is 6.92 Å². The first-order valence-corrected chi connectivity index (χ1v) is 10.5. The molecule has 1 aliphatic heterocycles. The van der Waals surface area contributed by atoms with Crippen LogP contribution in [0.1, 0.15) is 34.4 Å². The minimum Gasteiger partial charge on any atom is -0.455 e. The summed E-state index contributed by atoms with van der Waals surface area (Å²) in [6, 6.07) is 11.5. The molecule has 0 radical (unpaired) electrons. The molecule has 2 aromatic rings. The molecule has 0 unspecified atom stereocenters. The maximum atomic E-state index is 12.6. The Kier molecular flexibility index (Phi) is 6.27. The summed E-state index contributed by atoms with van der Waals surface area (Å²) < 4.78 is 18.0. The highest BCUT2D eigenvalue weighted by atomic mass is 32.2. The van der Waals surface area contributed by atoms with Crippen LogP contribution in [-0.4, -0.2) is 52.6 Å². The van der Waals surface area contributed by atoms with Gasteiger partial charge in [0, 0.05) is 42.7 Å². The van der Waals surface area contributed by atoms with Crippen molar-refractivity contribution in [3.8, 4) is 0 Å². The minimum atomic E-state index is -1.06. The maximum absolute atomic E-state index is 12.6. The first-order chi connectivity index (χ1) is 12.5. The Morgan fingerprint density at radius 2 is 1.73 bits per heavy atom. The molecule has 0 aliphatic carbocycles. The van der Waals surface area contributed by atoms with Gasteiger partial charge in [-0.05, 0) is 31.2 Å². The summed E-state index contributed by atoms with van der Waals surface area (Å²) in [4.78, 5) is 16.7. The summed E-state index contributed by atoms with van der Waals surface area (Å²) in [6.07, 6.45) is 0. The Morgan fingerprint density at radius 3 is 2.38 bits per heavy atom. The molecule has 1 atom stereocenters. The predicted molar refractivity (Wildman–Crippen MR) is 103 cm³/mol. The summed E-state index contributed by atoms with van der Waals surface area (Å²) in [6.45, 7) is 8.42. The van der Waals surface area contributed by atoms with E-state index >= 15 is 0 Å². The summed E-state index contributed by atoms with van der Waals surface area (Å²) in [5.41, 5.74) is 2.24. The van der Waals surface area contributed by atoms with Crippen molar-refractivity contribution in [2.24, 2.45) is 0 Å². The van der Waals surface area contributed by atoms with Crippen LogP contribution < -0.4 is 0 Å². The van der Waals surface area contributed by atoms with Crippen LogP contribution in [0.3, 0.4) is 0 Å². The maximum Gasteiger partial charge on any atom is 0.289 e. The van der Waals surface area contributed by atoms with Gasteiger partial charge in [-0.2, -0.15) is 0 Å². The second kappa shape index (κ2) is 8.64. The molecule has 1 aliphatic rings. The van der Waals surface area contributed by atoms with Gasteiger partial charge in [-0.25, -0.2) is 0 Å². The average Bonchev–Trinajstić information content (AvgIpc) is 3.11. The van der Waals surface area contributed by atoms with Gasteiger partial charge in [0.15, 0.2) is 5.76 Å². The fourth-order valence-electron chi connectivity index (χ4n) is 3.07. The van der Waals surface area contributed by atoms with E-state index in [1.54, 1.807) is 12.1 Å². The molecule has 1 amide bonds.